The van der Waals surface area contributed by atoms with Gasteiger partial charge in [-0.1, -0.05) is 0 Å². The van der Waals surface area contributed by atoms with Crippen molar-refractivity contribution in [3.63, 3.8) is 0 Å². The molecule has 1 fully saturated rings. The Morgan fingerprint density at radius 1 is 1.47 bits per heavy atom. The Labute approximate surface area is 101 Å². The van der Waals surface area contributed by atoms with Crippen LogP contribution >= 0.6 is 0 Å². The van der Waals surface area contributed by atoms with Crippen LogP contribution in [-0.2, 0) is 0 Å². The van der Waals surface area contributed by atoms with E-state index in [9.17, 15) is 9.90 Å². The van der Waals surface area contributed by atoms with Crippen molar-refractivity contribution in [3.05, 3.63) is 24.0 Å². The molecule has 1 aliphatic carbocycles. The highest BCUT2D eigenvalue weighted by Gasteiger charge is 2.39. The van der Waals surface area contributed by atoms with E-state index in [0.717, 1.165) is 12.8 Å². The number of pyridine rings is 1. The van der Waals surface area contributed by atoms with E-state index < -0.39 is 5.60 Å². The van der Waals surface area contributed by atoms with Gasteiger partial charge < -0.3 is 9.84 Å². The lowest BCUT2D eigenvalue weighted by atomic mass is 9.92. The summed E-state index contributed by atoms with van der Waals surface area (Å²) in [6, 6.07) is 1.65. The number of aliphatic hydroxyl groups is 1. The smallest absolute Gasteiger partial charge is 0.196 e. The van der Waals surface area contributed by atoms with Crippen LogP contribution in [0.2, 0.25) is 0 Å². The fraction of sp³-hybridized carbons (Fsp3) is 0.538. The van der Waals surface area contributed by atoms with Crippen LogP contribution in [0.1, 0.15) is 43.0 Å². The molecule has 1 heterocycles. The van der Waals surface area contributed by atoms with Crippen molar-refractivity contribution in [2.45, 2.75) is 38.2 Å². The second kappa shape index (κ2) is 4.84. The number of Topliss-reactive ketones (excluding diaryl/α,β-unsaturated/α-hetero) is 1. The fourth-order valence-corrected chi connectivity index (χ4v) is 2.24. The number of carbonyl (C=O) groups excluding carboxylic acids is 1. The second-order valence-electron chi connectivity index (χ2n) is 4.41. The Morgan fingerprint density at radius 3 is 2.82 bits per heavy atom. The number of ketones is 1. The largest absolute Gasteiger partial charge is 0.492 e. The summed E-state index contributed by atoms with van der Waals surface area (Å²) in [7, 11) is 0. The highest BCUT2D eigenvalue weighted by Crippen LogP contribution is 2.32. The summed E-state index contributed by atoms with van der Waals surface area (Å²) in [6.45, 7) is 2.41. The minimum absolute atomic E-state index is 0.232. The van der Waals surface area contributed by atoms with Gasteiger partial charge in [-0.05, 0) is 38.7 Å². The lowest BCUT2D eigenvalue weighted by Gasteiger charge is -2.20. The van der Waals surface area contributed by atoms with E-state index in [1.807, 2.05) is 6.92 Å². The number of rotatable bonds is 4. The van der Waals surface area contributed by atoms with Gasteiger partial charge >= 0.3 is 0 Å². The minimum atomic E-state index is -1.19. The van der Waals surface area contributed by atoms with Gasteiger partial charge in [-0.25, -0.2) is 0 Å². The first-order chi connectivity index (χ1) is 8.15. The van der Waals surface area contributed by atoms with Gasteiger partial charge in [0.25, 0.3) is 0 Å². The van der Waals surface area contributed by atoms with Crippen molar-refractivity contribution >= 4 is 5.78 Å². The molecule has 4 nitrogen and oxygen atoms in total. The van der Waals surface area contributed by atoms with Crippen molar-refractivity contribution in [1.82, 2.24) is 4.98 Å². The normalized spacial score (nSPS) is 18.0. The van der Waals surface area contributed by atoms with Crippen molar-refractivity contribution in [3.8, 4) is 5.75 Å². The molecule has 4 heteroatoms. The molecule has 0 amide bonds. The Bertz CT molecular complexity index is 411. The summed E-state index contributed by atoms with van der Waals surface area (Å²) in [5.41, 5.74) is -0.757. The van der Waals surface area contributed by atoms with E-state index in [0.29, 0.717) is 30.8 Å². The summed E-state index contributed by atoms with van der Waals surface area (Å²) in [6.07, 6.45) is 5.96. The van der Waals surface area contributed by atoms with Crippen LogP contribution in [0.5, 0.6) is 5.75 Å². The molecule has 1 saturated carbocycles. The number of hydrogen-bond donors (Lipinski definition) is 1. The minimum Gasteiger partial charge on any atom is -0.492 e. The SMILES string of the molecule is CCOc1cncc(C(=O)C2(O)CCCC2)c1. The molecule has 0 saturated heterocycles. The number of ether oxygens (including phenoxy) is 1. The Kier molecular flexibility index (Phi) is 3.43. The average molecular weight is 235 g/mol. The van der Waals surface area contributed by atoms with Gasteiger partial charge in [-0.2, -0.15) is 0 Å². The lowest BCUT2D eigenvalue weighted by Crippen LogP contribution is -2.35. The zero-order valence-electron chi connectivity index (χ0n) is 9.98. The average Bonchev–Trinajstić information content (AvgIpc) is 2.77. The molecule has 0 spiro atoms. The lowest BCUT2D eigenvalue weighted by molar-refractivity contribution is 0.0352. The highest BCUT2D eigenvalue weighted by atomic mass is 16.5. The predicted molar refractivity (Wildman–Crippen MR) is 63.2 cm³/mol. The summed E-state index contributed by atoms with van der Waals surface area (Å²) in [5, 5.41) is 10.2. The van der Waals surface area contributed by atoms with Gasteiger partial charge in [-0.3, -0.25) is 9.78 Å². The van der Waals surface area contributed by atoms with Gasteiger partial charge in [0.05, 0.1) is 12.8 Å². The molecule has 0 radical (unpaired) electrons. The Morgan fingerprint density at radius 2 is 2.18 bits per heavy atom. The maximum Gasteiger partial charge on any atom is 0.196 e. The zero-order chi connectivity index (χ0) is 12.3. The first-order valence-corrected chi connectivity index (χ1v) is 6.01. The second-order valence-corrected chi connectivity index (χ2v) is 4.41. The van der Waals surface area contributed by atoms with Gasteiger partial charge in [0, 0.05) is 11.8 Å². The summed E-state index contributed by atoms with van der Waals surface area (Å²) in [4.78, 5) is 16.1. The molecule has 1 aromatic heterocycles. The maximum atomic E-state index is 12.2. The molecule has 92 valence electrons. The molecule has 2 rings (SSSR count). The molecule has 1 aromatic rings. The van der Waals surface area contributed by atoms with Crippen molar-refractivity contribution in [2.75, 3.05) is 6.61 Å². The van der Waals surface area contributed by atoms with E-state index in [1.54, 1.807) is 12.3 Å². The Balaban J connectivity index is 2.21. The number of carbonyl (C=O) groups is 1. The van der Waals surface area contributed by atoms with Gasteiger partial charge in [0.15, 0.2) is 5.78 Å². The Hall–Kier alpha value is -1.42. The van der Waals surface area contributed by atoms with Crippen LogP contribution in [0.25, 0.3) is 0 Å². The zero-order valence-corrected chi connectivity index (χ0v) is 9.98. The monoisotopic (exact) mass is 235 g/mol. The molecule has 1 N–H and O–H groups in total. The van der Waals surface area contributed by atoms with E-state index in [2.05, 4.69) is 4.98 Å². The molecule has 17 heavy (non-hydrogen) atoms. The number of aromatic nitrogens is 1. The summed E-state index contributed by atoms with van der Waals surface area (Å²) >= 11 is 0. The third-order valence-corrected chi connectivity index (χ3v) is 3.14. The van der Waals surface area contributed by atoms with Crippen LogP contribution < -0.4 is 4.74 Å². The van der Waals surface area contributed by atoms with Gasteiger partial charge in [0.1, 0.15) is 11.4 Å². The first-order valence-electron chi connectivity index (χ1n) is 6.01. The number of nitrogens with zero attached hydrogens (tertiary/aromatic N) is 1. The first kappa shape index (κ1) is 12.0. The predicted octanol–water partition coefficient (Wildman–Crippen LogP) is 1.97. The third-order valence-electron chi connectivity index (χ3n) is 3.14. The topological polar surface area (TPSA) is 59.4 Å². The molecule has 0 aliphatic heterocycles. The van der Waals surface area contributed by atoms with Crippen molar-refractivity contribution in [2.24, 2.45) is 0 Å². The van der Waals surface area contributed by atoms with E-state index >= 15 is 0 Å². The van der Waals surface area contributed by atoms with Gasteiger partial charge in [-0.15, -0.1) is 0 Å². The van der Waals surface area contributed by atoms with E-state index in [1.165, 1.54) is 6.20 Å². The fourth-order valence-electron chi connectivity index (χ4n) is 2.24. The highest BCUT2D eigenvalue weighted by molar-refractivity contribution is 6.02. The standard InChI is InChI=1S/C13H17NO3/c1-2-17-11-7-10(8-14-9-11)12(15)13(16)5-3-4-6-13/h7-9,16H,2-6H2,1H3. The molecular weight excluding hydrogens is 218 g/mol. The number of hydrogen-bond acceptors (Lipinski definition) is 4. The maximum absolute atomic E-state index is 12.2. The molecule has 0 aromatic carbocycles. The van der Waals surface area contributed by atoms with Gasteiger partial charge in [0.2, 0.25) is 0 Å². The molecule has 0 bridgehead atoms. The van der Waals surface area contributed by atoms with Crippen LogP contribution in [-0.4, -0.2) is 28.1 Å². The van der Waals surface area contributed by atoms with Crippen LogP contribution in [0, 0.1) is 0 Å². The molecule has 0 unspecified atom stereocenters. The molecular formula is C13H17NO3. The van der Waals surface area contributed by atoms with Crippen LogP contribution in [0.4, 0.5) is 0 Å². The van der Waals surface area contributed by atoms with Crippen molar-refractivity contribution < 1.29 is 14.6 Å². The third kappa shape index (κ3) is 2.47. The molecule has 1 aliphatic rings. The molecule has 0 atom stereocenters. The van der Waals surface area contributed by atoms with Crippen molar-refractivity contribution in [1.29, 1.82) is 0 Å². The van der Waals surface area contributed by atoms with E-state index in [-0.39, 0.29) is 5.78 Å². The summed E-state index contributed by atoms with van der Waals surface area (Å²) in [5.74, 6) is 0.337. The summed E-state index contributed by atoms with van der Waals surface area (Å²) < 4.78 is 5.30. The van der Waals surface area contributed by atoms with Crippen LogP contribution in [0.3, 0.4) is 0 Å². The van der Waals surface area contributed by atoms with E-state index in [4.69, 9.17) is 4.74 Å². The van der Waals surface area contributed by atoms with Crippen LogP contribution in [0.15, 0.2) is 18.5 Å². The quantitative estimate of drug-likeness (QED) is 0.810.